The number of benzene rings is 5. The molecule has 0 fully saturated rings. The molecule has 10 aromatic heterocycles. The van der Waals surface area contributed by atoms with Crippen LogP contribution >= 0.6 is 56.7 Å². The Morgan fingerprint density at radius 3 is 0.962 bits per heavy atom. The highest BCUT2D eigenvalue weighted by Gasteiger charge is 2.27. The van der Waals surface area contributed by atoms with Gasteiger partial charge in [-0.15, -0.1) is 56.7 Å². The van der Waals surface area contributed by atoms with Crippen LogP contribution in [0.3, 0.4) is 0 Å². The van der Waals surface area contributed by atoms with Crippen molar-refractivity contribution in [2.75, 3.05) is 46.4 Å². The van der Waals surface area contributed by atoms with Gasteiger partial charge in [0.25, 0.3) is 59.0 Å². The second-order valence-corrected chi connectivity index (χ2v) is 31.0. The van der Waals surface area contributed by atoms with Crippen molar-refractivity contribution in [1.82, 2.24) is 56.5 Å². The normalized spacial score (nSPS) is 10.5. The van der Waals surface area contributed by atoms with E-state index in [1.165, 1.54) is 53.0 Å². The number of nitrogens with one attached hydrogen (secondary N) is 10. The number of ether oxygens (including phenoxy) is 5. The van der Waals surface area contributed by atoms with Crippen LogP contribution in [0.2, 0.25) is 0 Å². The molecule has 0 aliphatic heterocycles. The quantitative estimate of drug-likeness (QED) is 0.0317. The lowest BCUT2D eigenvalue weighted by Crippen LogP contribution is -2.33. The fourth-order valence-corrected chi connectivity index (χ4v) is 14.8. The molecular formula is C86H72N16O24S5. The van der Waals surface area contributed by atoms with Gasteiger partial charge in [0.1, 0.15) is 41.6 Å². The second-order valence-electron chi connectivity index (χ2n) is 26.4. The van der Waals surface area contributed by atoms with Gasteiger partial charge in [0.05, 0.1) is 87.3 Å². The lowest BCUT2D eigenvalue weighted by molar-refractivity contribution is 0.0860. The fraction of sp³-hybridized carbons (Fsp3) is 0.140. The highest BCUT2D eigenvalue weighted by molar-refractivity contribution is 7.16. The number of para-hydroxylation sites is 5. The number of alkyl carbamates (subject to hydrolysis) is 5. The minimum atomic E-state index is -0.883. The van der Waals surface area contributed by atoms with Gasteiger partial charge in [-0.25, -0.2) is 33.9 Å². The summed E-state index contributed by atoms with van der Waals surface area (Å²) < 4.78 is 40.0. The van der Waals surface area contributed by atoms with Crippen molar-refractivity contribution < 1.29 is 109 Å². The number of fused-ring (bicyclic) bond motifs is 5. The zero-order valence-corrected chi connectivity index (χ0v) is 73.4. The number of hydrogen-bond acceptors (Lipinski definition) is 35. The standard InChI is InChI=1S/C18H16N4O4S.C18H14N2O6S.C17H14N4O4S.C17H15N3O5S.C16H13N3O5S/c1-10(2)26-18(25)22-16(24)12-5-8-27-17(12)21-15(23)11-3-4-13-14(9-11)20-7-6-19-13;1-2-25-18(24)20-15(22)11-7-8-27-17(11)19-16(23)14-9-12(21)10-5-3-4-6-13(10)26-14;1-2-25-17(24)21-15(23)11-5-8-26-16(11)20-14(22)10-3-4-12-13(9-10)19-7-6-18-12;1-9(2)24-17(23)20-13(21)10-7-8-26-16(10)19-14(22)15-18-11-5-3-4-6-12(11)25-15;1-2-23-16(22)19-12(20)9-7-8-25-15(9)18-13(21)14-17-10-5-3-4-6-11(10)24-14/h3-10H,1-2H3,(H,21,23)(H,22,24,25);3-9H,2H2,1H3,(H,19,23)(H,20,22,24);3-9H,2H2,1H3,(H,20,22)(H,21,23,24);3-9H,1-2H3,(H,19,22)(H,20,21,23);3-8H,2H2,1H3,(H,18,21)(H,19,20,22). The number of oxazole rings is 2. The van der Waals surface area contributed by atoms with E-state index in [0.717, 1.165) is 40.1 Å². The lowest BCUT2D eigenvalue weighted by atomic mass is 10.2. The Bertz CT molecular complexity index is 6820. The van der Waals surface area contributed by atoms with Gasteiger partial charge in [-0.2, -0.15) is 0 Å². The monoisotopic (exact) mass is 1870 g/mol. The number of carbonyl (C=O) groups excluding carboxylic acids is 15. The molecule has 0 atom stereocenters. The molecule has 0 unspecified atom stereocenters. The van der Waals surface area contributed by atoms with Gasteiger partial charge in [0, 0.05) is 42.0 Å². The highest BCUT2D eigenvalue weighted by atomic mass is 32.1. The average molecular weight is 1870 g/mol. The number of hydrogen-bond donors (Lipinski definition) is 10. The maximum absolute atomic E-state index is 12.5. The van der Waals surface area contributed by atoms with E-state index < -0.39 is 89.5 Å². The molecule has 0 saturated carbocycles. The third kappa shape index (κ3) is 26.3. The molecule has 15 aromatic rings. The van der Waals surface area contributed by atoms with E-state index in [1.54, 1.807) is 209 Å². The van der Waals surface area contributed by atoms with Crippen molar-refractivity contribution in [3.63, 3.8) is 0 Å². The smallest absolute Gasteiger partial charge is 0.414 e. The molecule has 0 spiro atoms. The molecule has 0 aliphatic rings. The topological polar surface area (TPSA) is 556 Å². The number of anilines is 5. The fourth-order valence-electron chi connectivity index (χ4n) is 10.9. The summed E-state index contributed by atoms with van der Waals surface area (Å²) in [5.41, 5.74) is 6.01. The first kappa shape index (κ1) is 95.1. The largest absolute Gasteiger partial charge is 0.451 e. The maximum atomic E-state index is 12.5. The van der Waals surface area contributed by atoms with E-state index in [-0.39, 0.29) is 103 Å². The molecule has 15 amide bonds. The Balaban J connectivity index is 0.000000158. The molecule has 670 valence electrons. The third-order valence-corrected chi connectivity index (χ3v) is 20.7. The molecule has 0 aliphatic carbocycles. The van der Waals surface area contributed by atoms with Crippen LogP contribution in [0, 0.1) is 0 Å². The molecule has 0 bridgehead atoms. The van der Waals surface area contributed by atoms with Crippen molar-refractivity contribution in [1.29, 1.82) is 0 Å². The molecule has 0 saturated heterocycles. The van der Waals surface area contributed by atoms with Crippen molar-refractivity contribution >= 4 is 226 Å². The second kappa shape index (κ2) is 45.6. The van der Waals surface area contributed by atoms with E-state index in [0.29, 0.717) is 70.8 Å². The number of thiophene rings is 5. The van der Waals surface area contributed by atoms with Crippen LogP contribution in [-0.2, 0) is 23.7 Å². The maximum Gasteiger partial charge on any atom is 0.414 e. The van der Waals surface area contributed by atoms with Gasteiger partial charge in [-0.3, -0.25) is 99.3 Å². The zero-order chi connectivity index (χ0) is 93.8. The molecule has 0 radical (unpaired) electrons. The predicted molar refractivity (Wildman–Crippen MR) is 483 cm³/mol. The molecule has 5 aromatic carbocycles. The average Bonchev–Trinajstić information content (AvgIpc) is 1.80. The van der Waals surface area contributed by atoms with Crippen LogP contribution in [0.1, 0.15) is 153 Å². The van der Waals surface area contributed by atoms with Crippen molar-refractivity contribution in [2.45, 2.75) is 60.7 Å². The Morgan fingerprint density at radius 2 is 0.626 bits per heavy atom. The first-order valence-electron chi connectivity index (χ1n) is 38.6. The highest BCUT2D eigenvalue weighted by Crippen LogP contribution is 2.31. The van der Waals surface area contributed by atoms with Gasteiger partial charge in [0.15, 0.2) is 22.4 Å². The number of aromatic nitrogens is 6. The van der Waals surface area contributed by atoms with Gasteiger partial charge >= 0.3 is 42.3 Å². The number of imide groups is 5. The number of amides is 15. The molecular weight excluding hydrogens is 1800 g/mol. The SMILES string of the molecule is CC(C)OC(=O)NC(=O)c1ccsc1NC(=O)c1ccc2nccnc2c1.CC(C)OC(=O)NC(=O)c1ccsc1NC(=O)c1nc2ccccc2o1.CCOC(=O)NC(=O)c1ccsc1NC(=O)c1cc(=O)c2ccccc2o1.CCOC(=O)NC(=O)c1ccsc1NC(=O)c1ccc2nccnc2c1.CCOC(=O)NC(=O)c1ccsc1NC(=O)c1nc2ccccc2o1. The Labute approximate surface area is 758 Å². The number of nitrogens with zero attached hydrogens (tertiary/aromatic N) is 6. The van der Waals surface area contributed by atoms with Crippen LogP contribution in [0.5, 0.6) is 0 Å². The van der Waals surface area contributed by atoms with Gasteiger partial charge in [-0.1, -0.05) is 36.4 Å². The summed E-state index contributed by atoms with van der Waals surface area (Å²) in [6.45, 7) is 12.0. The molecule has 40 nitrogen and oxygen atoms in total. The van der Waals surface area contributed by atoms with E-state index in [4.69, 9.17) is 22.7 Å². The van der Waals surface area contributed by atoms with Crippen LogP contribution in [0.4, 0.5) is 49.0 Å². The summed E-state index contributed by atoms with van der Waals surface area (Å²) in [6.07, 6.45) is 1.25. The van der Waals surface area contributed by atoms with Gasteiger partial charge < -0.3 is 63.5 Å². The third-order valence-electron chi connectivity index (χ3n) is 16.6. The molecule has 45 heteroatoms. The first-order valence-corrected chi connectivity index (χ1v) is 43.0. The van der Waals surface area contributed by atoms with Crippen molar-refractivity contribution in [3.8, 4) is 0 Å². The molecule has 131 heavy (non-hydrogen) atoms. The van der Waals surface area contributed by atoms with E-state index in [2.05, 4.69) is 97.3 Å². The van der Waals surface area contributed by atoms with Crippen LogP contribution in [0.15, 0.2) is 215 Å². The summed E-state index contributed by atoms with van der Waals surface area (Å²) in [4.78, 5) is 217. The lowest BCUT2D eigenvalue weighted by Gasteiger charge is -2.09. The Hall–Kier alpha value is -16.5. The van der Waals surface area contributed by atoms with Gasteiger partial charge in [0.2, 0.25) is 0 Å². The number of rotatable bonds is 20. The van der Waals surface area contributed by atoms with E-state index in [1.807, 2.05) is 0 Å². The summed E-state index contributed by atoms with van der Waals surface area (Å²) in [5.74, 6) is -6.47. The predicted octanol–water partition coefficient (Wildman–Crippen LogP) is 15.5. The Morgan fingerprint density at radius 1 is 0.321 bits per heavy atom. The minimum absolute atomic E-state index is 0.0875. The van der Waals surface area contributed by atoms with Crippen LogP contribution in [-0.4, -0.2) is 151 Å². The number of carbonyl (C=O) groups is 15. The summed E-state index contributed by atoms with van der Waals surface area (Å²) >= 11 is 5.70. The van der Waals surface area contributed by atoms with Crippen molar-refractivity contribution in [3.05, 3.63) is 264 Å². The summed E-state index contributed by atoms with van der Waals surface area (Å²) in [5, 5.41) is 33.3. The zero-order valence-electron chi connectivity index (χ0n) is 69.4. The molecule has 10 heterocycles. The van der Waals surface area contributed by atoms with Gasteiger partial charge in [-0.05, 0) is 178 Å². The minimum Gasteiger partial charge on any atom is -0.451 e. The van der Waals surface area contributed by atoms with E-state index >= 15 is 0 Å². The summed E-state index contributed by atoms with van der Waals surface area (Å²) in [6, 6.07) is 38.9. The Kier molecular flexibility index (Phi) is 33.1. The summed E-state index contributed by atoms with van der Waals surface area (Å²) in [7, 11) is 0. The van der Waals surface area contributed by atoms with Crippen molar-refractivity contribution in [2.24, 2.45) is 0 Å². The van der Waals surface area contributed by atoms with E-state index in [9.17, 15) is 76.7 Å². The van der Waals surface area contributed by atoms with Crippen LogP contribution < -0.4 is 58.6 Å². The molecule has 15 rings (SSSR count). The first-order chi connectivity index (χ1) is 63.0. The van der Waals surface area contributed by atoms with Crippen LogP contribution in [0.25, 0.3) is 55.2 Å². The molecule has 10 N–H and O–H groups in total.